The van der Waals surface area contributed by atoms with E-state index >= 15 is 0 Å². The van der Waals surface area contributed by atoms with Crippen molar-refractivity contribution >= 4 is 27.5 Å². The number of carbonyl (C=O) groups is 1. The first-order valence-corrected chi connectivity index (χ1v) is 9.42. The summed E-state index contributed by atoms with van der Waals surface area (Å²) in [5.41, 5.74) is 5.72. The van der Waals surface area contributed by atoms with E-state index < -0.39 is 0 Å². The minimum Gasteiger partial charge on any atom is -0.392 e. The van der Waals surface area contributed by atoms with E-state index in [4.69, 9.17) is 5.11 Å². The van der Waals surface area contributed by atoms with Gasteiger partial charge in [0.05, 0.1) is 22.3 Å². The number of aromatic nitrogens is 1. The Morgan fingerprint density at radius 1 is 1.20 bits per heavy atom. The predicted molar refractivity (Wildman–Crippen MR) is 99.7 cm³/mol. The molecule has 0 unspecified atom stereocenters. The fourth-order valence-corrected chi connectivity index (χ4v) is 4.18. The van der Waals surface area contributed by atoms with Gasteiger partial charge in [-0.1, -0.05) is 24.3 Å². The highest BCUT2D eigenvalue weighted by Gasteiger charge is 2.27. The summed E-state index contributed by atoms with van der Waals surface area (Å²) in [6, 6.07) is 13.9. The zero-order valence-electron chi connectivity index (χ0n) is 13.9. The molecule has 2 aromatic carbocycles. The van der Waals surface area contributed by atoms with Crippen LogP contribution in [-0.4, -0.2) is 34.0 Å². The SMILES string of the molecule is O=C(c1ccc2ncsc2c1)N1CC[C@@H](Cc2ccc(CO)cc2)C1. The van der Waals surface area contributed by atoms with Crippen LogP contribution >= 0.6 is 11.3 Å². The molecular weight excluding hydrogens is 332 g/mol. The van der Waals surface area contributed by atoms with Gasteiger partial charge in [0.2, 0.25) is 0 Å². The number of rotatable bonds is 4. The summed E-state index contributed by atoms with van der Waals surface area (Å²) in [6.07, 6.45) is 2.01. The molecule has 0 spiro atoms. The molecule has 5 heteroatoms. The lowest BCUT2D eigenvalue weighted by atomic mass is 9.98. The summed E-state index contributed by atoms with van der Waals surface area (Å²) in [5.74, 6) is 0.615. The van der Waals surface area contributed by atoms with Gasteiger partial charge in [-0.15, -0.1) is 11.3 Å². The van der Waals surface area contributed by atoms with Crippen molar-refractivity contribution in [3.63, 3.8) is 0 Å². The Morgan fingerprint density at radius 2 is 2.00 bits per heavy atom. The van der Waals surface area contributed by atoms with Gasteiger partial charge in [-0.2, -0.15) is 0 Å². The lowest BCUT2D eigenvalue weighted by Gasteiger charge is -2.17. The van der Waals surface area contributed by atoms with Crippen molar-refractivity contribution < 1.29 is 9.90 Å². The van der Waals surface area contributed by atoms with Gasteiger partial charge in [-0.05, 0) is 48.1 Å². The molecule has 1 aromatic heterocycles. The van der Waals surface area contributed by atoms with Crippen LogP contribution in [0.25, 0.3) is 10.2 Å². The Bertz CT molecular complexity index is 888. The Balaban J connectivity index is 1.41. The smallest absolute Gasteiger partial charge is 0.253 e. The summed E-state index contributed by atoms with van der Waals surface area (Å²) in [6.45, 7) is 1.70. The van der Waals surface area contributed by atoms with Crippen LogP contribution in [0.3, 0.4) is 0 Å². The molecule has 0 bridgehead atoms. The topological polar surface area (TPSA) is 53.4 Å². The summed E-state index contributed by atoms with van der Waals surface area (Å²) in [5, 5.41) is 9.12. The van der Waals surface area contributed by atoms with E-state index in [-0.39, 0.29) is 12.5 Å². The summed E-state index contributed by atoms with van der Waals surface area (Å²) in [4.78, 5) is 19.0. The van der Waals surface area contributed by atoms with Crippen molar-refractivity contribution in [3.8, 4) is 0 Å². The first-order valence-electron chi connectivity index (χ1n) is 8.54. The average Bonchev–Trinajstić information content (AvgIpc) is 3.30. The van der Waals surface area contributed by atoms with Crippen molar-refractivity contribution in [2.45, 2.75) is 19.4 Å². The molecule has 4 nitrogen and oxygen atoms in total. The molecule has 0 saturated carbocycles. The lowest BCUT2D eigenvalue weighted by molar-refractivity contribution is 0.0787. The molecule has 1 aliphatic rings. The molecule has 25 heavy (non-hydrogen) atoms. The molecular formula is C20H20N2O2S. The van der Waals surface area contributed by atoms with E-state index in [1.54, 1.807) is 11.3 Å². The first kappa shape index (κ1) is 16.2. The number of thiazole rings is 1. The highest BCUT2D eigenvalue weighted by atomic mass is 32.1. The van der Waals surface area contributed by atoms with E-state index in [1.165, 1.54) is 5.56 Å². The zero-order valence-corrected chi connectivity index (χ0v) is 14.7. The third-order valence-electron chi connectivity index (χ3n) is 4.88. The van der Waals surface area contributed by atoms with E-state index in [0.29, 0.717) is 5.92 Å². The molecule has 0 radical (unpaired) electrons. The zero-order chi connectivity index (χ0) is 17.2. The van der Waals surface area contributed by atoms with Gasteiger partial charge in [-0.3, -0.25) is 4.79 Å². The lowest BCUT2D eigenvalue weighted by Crippen LogP contribution is -2.28. The number of amides is 1. The average molecular weight is 352 g/mol. The second-order valence-corrected chi connectivity index (χ2v) is 7.51. The van der Waals surface area contributed by atoms with Gasteiger partial charge in [0.1, 0.15) is 0 Å². The molecule has 4 rings (SSSR count). The van der Waals surface area contributed by atoms with E-state index in [0.717, 1.165) is 47.3 Å². The fourth-order valence-electron chi connectivity index (χ4n) is 3.47. The maximum Gasteiger partial charge on any atom is 0.253 e. The second kappa shape index (κ2) is 6.94. The van der Waals surface area contributed by atoms with Gasteiger partial charge in [0, 0.05) is 18.7 Å². The number of carbonyl (C=O) groups excluding carboxylic acids is 1. The normalized spacial score (nSPS) is 17.3. The quantitative estimate of drug-likeness (QED) is 0.782. The second-order valence-electron chi connectivity index (χ2n) is 6.62. The van der Waals surface area contributed by atoms with Gasteiger partial charge >= 0.3 is 0 Å². The van der Waals surface area contributed by atoms with E-state index in [2.05, 4.69) is 17.1 Å². The van der Waals surface area contributed by atoms with Crippen LogP contribution in [0.15, 0.2) is 48.0 Å². The molecule has 3 aromatic rings. The monoisotopic (exact) mass is 352 g/mol. The van der Waals surface area contributed by atoms with Crippen LogP contribution in [0.2, 0.25) is 0 Å². The molecule has 2 heterocycles. The summed E-state index contributed by atoms with van der Waals surface area (Å²) in [7, 11) is 0. The van der Waals surface area contributed by atoms with Crippen LogP contribution in [-0.2, 0) is 13.0 Å². The number of aliphatic hydroxyl groups is 1. The van der Waals surface area contributed by atoms with Crippen molar-refractivity contribution in [2.24, 2.45) is 5.92 Å². The van der Waals surface area contributed by atoms with E-state index in [9.17, 15) is 4.79 Å². The Hall–Kier alpha value is -2.24. The summed E-state index contributed by atoms with van der Waals surface area (Å²) < 4.78 is 1.06. The maximum atomic E-state index is 12.8. The van der Waals surface area contributed by atoms with Crippen LogP contribution in [0.1, 0.15) is 27.9 Å². The van der Waals surface area contributed by atoms with Crippen molar-refractivity contribution in [1.29, 1.82) is 0 Å². The molecule has 128 valence electrons. The minimum atomic E-state index is 0.0795. The van der Waals surface area contributed by atoms with Crippen molar-refractivity contribution in [3.05, 3.63) is 64.7 Å². The van der Waals surface area contributed by atoms with Crippen LogP contribution < -0.4 is 0 Å². The molecule has 1 aliphatic heterocycles. The van der Waals surface area contributed by atoms with Crippen molar-refractivity contribution in [2.75, 3.05) is 13.1 Å². The summed E-state index contributed by atoms with van der Waals surface area (Å²) >= 11 is 1.57. The van der Waals surface area contributed by atoms with E-state index in [1.807, 2.05) is 40.7 Å². The van der Waals surface area contributed by atoms with Gasteiger partial charge in [0.25, 0.3) is 5.91 Å². The van der Waals surface area contributed by atoms with Gasteiger partial charge < -0.3 is 10.0 Å². The molecule has 0 aliphatic carbocycles. The molecule has 1 N–H and O–H groups in total. The third-order valence-corrected chi connectivity index (χ3v) is 5.67. The number of hydrogen-bond acceptors (Lipinski definition) is 4. The number of aliphatic hydroxyl groups excluding tert-OH is 1. The number of hydrogen-bond donors (Lipinski definition) is 1. The van der Waals surface area contributed by atoms with Gasteiger partial charge in [0.15, 0.2) is 0 Å². The van der Waals surface area contributed by atoms with Gasteiger partial charge in [-0.25, -0.2) is 4.98 Å². The molecule has 1 fully saturated rings. The third kappa shape index (κ3) is 3.43. The highest BCUT2D eigenvalue weighted by Crippen LogP contribution is 2.25. The number of likely N-dealkylation sites (tertiary alicyclic amines) is 1. The molecule has 1 amide bonds. The minimum absolute atomic E-state index is 0.0795. The number of nitrogens with zero attached hydrogens (tertiary/aromatic N) is 2. The Morgan fingerprint density at radius 3 is 2.80 bits per heavy atom. The Kier molecular flexibility index (Phi) is 4.51. The largest absolute Gasteiger partial charge is 0.392 e. The maximum absolute atomic E-state index is 12.8. The molecule has 1 atom stereocenters. The standard InChI is InChI=1S/C20H20N2O2S/c23-12-15-3-1-14(2-4-15)9-16-7-8-22(11-16)20(24)17-5-6-18-19(10-17)25-13-21-18/h1-6,10,13,16,23H,7-9,11-12H2/t16-/m0/s1. The van der Waals surface area contributed by atoms with Crippen LogP contribution in [0.4, 0.5) is 0 Å². The van der Waals surface area contributed by atoms with Crippen molar-refractivity contribution in [1.82, 2.24) is 9.88 Å². The Labute approximate surface area is 150 Å². The van der Waals surface area contributed by atoms with Crippen LogP contribution in [0.5, 0.6) is 0 Å². The predicted octanol–water partition coefficient (Wildman–Crippen LogP) is 3.49. The first-order chi connectivity index (χ1) is 12.2. The molecule has 1 saturated heterocycles. The highest BCUT2D eigenvalue weighted by molar-refractivity contribution is 7.16. The van der Waals surface area contributed by atoms with Crippen LogP contribution in [0, 0.1) is 5.92 Å². The fraction of sp³-hybridized carbons (Fsp3) is 0.300. The number of benzene rings is 2. The number of fused-ring (bicyclic) bond motifs is 1.